The summed E-state index contributed by atoms with van der Waals surface area (Å²) in [4.78, 5) is 15.4. The van der Waals surface area contributed by atoms with Gasteiger partial charge in [0, 0.05) is 23.7 Å². The first kappa shape index (κ1) is 29.6. The Labute approximate surface area is 246 Å². The zero-order valence-corrected chi connectivity index (χ0v) is 25.4. The summed E-state index contributed by atoms with van der Waals surface area (Å²) in [5.74, 6) is -1.12. The van der Waals surface area contributed by atoms with Crippen molar-refractivity contribution in [3.63, 3.8) is 0 Å². The second-order valence-electron chi connectivity index (χ2n) is 13.1. The van der Waals surface area contributed by atoms with Crippen molar-refractivity contribution in [2.24, 2.45) is 10.8 Å². The van der Waals surface area contributed by atoms with Gasteiger partial charge in [0.1, 0.15) is 35.7 Å². The number of nitrogens with one attached hydrogen (secondary N) is 1. The van der Waals surface area contributed by atoms with E-state index in [0.29, 0.717) is 12.1 Å². The van der Waals surface area contributed by atoms with Crippen molar-refractivity contribution in [3.05, 3.63) is 94.3 Å². The van der Waals surface area contributed by atoms with Crippen molar-refractivity contribution in [3.8, 4) is 11.5 Å². The predicted octanol–water partition coefficient (Wildman–Crippen LogP) is 7.10. The van der Waals surface area contributed by atoms with Crippen molar-refractivity contribution in [2.45, 2.75) is 60.1 Å². The number of anilines is 2. The quantitative estimate of drug-likeness (QED) is 0.307. The second kappa shape index (κ2) is 10.8. The van der Waals surface area contributed by atoms with Crippen molar-refractivity contribution >= 4 is 27.1 Å². The van der Waals surface area contributed by atoms with Crippen molar-refractivity contribution in [1.29, 1.82) is 0 Å². The fraction of sp³-hybridized carbons (Fsp3) is 0.364. The molecule has 0 saturated heterocycles. The van der Waals surface area contributed by atoms with E-state index in [4.69, 9.17) is 4.74 Å². The number of benzene rings is 3. The van der Waals surface area contributed by atoms with Crippen LogP contribution in [-0.2, 0) is 21.2 Å². The predicted molar refractivity (Wildman–Crippen MR) is 162 cm³/mol. The van der Waals surface area contributed by atoms with E-state index in [9.17, 15) is 18.3 Å². The molecule has 0 fully saturated rings. The van der Waals surface area contributed by atoms with E-state index >= 15 is 4.39 Å². The molecule has 9 heteroatoms. The number of amides is 1. The van der Waals surface area contributed by atoms with Gasteiger partial charge < -0.3 is 15.2 Å². The lowest BCUT2D eigenvalue weighted by molar-refractivity contribution is -0.120. The first-order valence-corrected chi connectivity index (χ1v) is 15.6. The number of carbonyl (C=O) groups excluding carboxylic acids is 1. The van der Waals surface area contributed by atoms with Gasteiger partial charge in [-0.05, 0) is 47.1 Å². The highest BCUT2D eigenvalue weighted by Crippen LogP contribution is 2.52. The number of fused-ring (bicyclic) bond motifs is 1. The number of hydrogen-bond acceptors (Lipinski definition) is 6. The molecule has 2 aliphatic rings. The van der Waals surface area contributed by atoms with Crippen molar-refractivity contribution < 1.29 is 27.4 Å². The van der Waals surface area contributed by atoms with Gasteiger partial charge in [0.15, 0.2) is 9.84 Å². The average Bonchev–Trinajstić information content (AvgIpc) is 3.01. The molecule has 1 amide bonds. The maximum Gasteiger partial charge on any atom is 0.228 e. The minimum atomic E-state index is -3.98. The van der Waals surface area contributed by atoms with E-state index in [1.807, 2.05) is 65.0 Å². The van der Waals surface area contributed by atoms with Crippen molar-refractivity contribution in [2.75, 3.05) is 16.0 Å². The van der Waals surface area contributed by atoms with E-state index in [1.54, 1.807) is 18.2 Å². The molecule has 0 bridgehead atoms. The van der Waals surface area contributed by atoms with Gasteiger partial charge in [0.25, 0.3) is 0 Å². The number of sulfone groups is 1. The van der Waals surface area contributed by atoms with E-state index in [0.717, 1.165) is 5.56 Å². The zero-order valence-electron chi connectivity index (χ0n) is 24.6. The number of para-hydroxylation sites is 1. The Morgan fingerprint density at radius 1 is 1.10 bits per heavy atom. The minimum Gasteiger partial charge on any atom is -0.506 e. The van der Waals surface area contributed by atoms with Crippen LogP contribution in [0, 0.1) is 16.6 Å². The van der Waals surface area contributed by atoms with Gasteiger partial charge in [0.05, 0.1) is 16.3 Å². The van der Waals surface area contributed by atoms with Crippen LogP contribution in [0.15, 0.2) is 77.3 Å². The summed E-state index contributed by atoms with van der Waals surface area (Å²) in [6.45, 7) is 9.65. The number of ether oxygens (including phenoxy) is 1. The van der Waals surface area contributed by atoms with Crippen LogP contribution in [-0.4, -0.2) is 25.2 Å². The summed E-state index contributed by atoms with van der Waals surface area (Å²) >= 11 is 0. The van der Waals surface area contributed by atoms with Gasteiger partial charge >= 0.3 is 0 Å². The Bertz CT molecular complexity index is 1660. The lowest BCUT2D eigenvalue weighted by atomic mass is 9.88. The molecule has 0 radical (unpaired) electrons. The fourth-order valence-electron chi connectivity index (χ4n) is 5.76. The molecule has 2 N–H and O–H groups in total. The van der Waals surface area contributed by atoms with Gasteiger partial charge in [-0.1, -0.05) is 71.0 Å². The largest absolute Gasteiger partial charge is 0.506 e. The third-order valence-corrected chi connectivity index (χ3v) is 9.70. The number of phenols is 1. The average molecular weight is 593 g/mol. The highest BCUT2D eigenvalue weighted by atomic mass is 32.2. The third-order valence-electron chi connectivity index (χ3n) is 7.40. The molecule has 0 aliphatic carbocycles. The summed E-state index contributed by atoms with van der Waals surface area (Å²) in [7, 11) is -3.98. The van der Waals surface area contributed by atoms with E-state index in [-0.39, 0.29) is 52.1 Å². The summed E-state index contributed by atoms with van der Waals surface area (Å²) < 4.78 is 50.1. The number of carbonyl (C=O) groups is 1. The van der Waals surface area contributed by atoms with Crippen LogP contribution in [0.2, 0.25) is 0 Å². The molecule has 2 heterocycles. The van der Waals surface area contributed by atoms with Crippen LogP contribution >= 0.6 is 0 Å². The first-order valence-electron chi connectivity index (χ1n) is 14.0. The number of phenolic OH excluding ortho intramolecular Hbond substituents is 1. The fourth-order valence-corrected chi connectivity index (χ4v) is 8.12. The lowest BCUT2D eigenvalue weighted by Crippen LogP contribution is -2.42. The van der Waals surface area contributed by atoms with Crippen LogP contribution in [0.4, 0.5) is 15.8 Å². The molecule has 42 heavy (non-hydrogen) atoms. The Morgan fingerprint density at radius 2 is 1.81 bits per heavy atom. The summed E-state index contributed by atoms with van der Waals surface area (Å²) in [6.07, 6.45) is 0.389. The second-order valence-corrected chi connectivity index (χ2v) is 15.1. The molecule has 7 nitrogen and oxygen atoms in total. The van der Waals surface area contributed by atoms with Crippen LogP contribution in [0.3, 0.4) is 0 Å². The molecule has 0 spiro atoms. The Kier molecular flexibility index (Phi) is 7.60. The molecular formula is C33H37FN2O5S. The molecular weight excluding hydrogens is 555 g/mol. The summed E-state index contributed by atoms with van der Waals surface area (Å²) in [5.41, 5.74) is 0.700. The van der Waals surface area contributed by atoms with Crippen LogP contribution in [0.25, 0.3) is 0 Å². The molecule has 0 saturated carbocycles. The van der Waals surface area contributed by atoms with Crippen LogP contribution < -0.4 is 15.0 Å². The topological polar surface area (TPSA) is 95.9 Å². The number of aromatic hydroxyl groups is 1. The number of halogens is 1. The SMILES string of the molecule is CC(C)(C)CC(=O)N1c2cccc(O)c2NC2=C(C1c1ccc(OCc3ccccc3)cc1F)S(=O)(=O)CC(C)(C)C2. The Balaban J connectivity index is 1.70. The van der Waals surface area contributed by atoms with Gasteiger partial charge in [-0.25, -0.2) is 12.8 Å². The monoisotopic (exact) mass is 592 g/mol. The normalized spacial score (nSPS) is 19.3. The van der Waals surface area contributed by atoms with Crippen LogP contribution in [0.1, 0.15) is 64.6 Å². The molecule has 0 aromatic heterocycles. The van der Waals surface area contributed by atoms with Crippen LogP contribution in [0.5, 0.6) is 11.5 Å². The maximum atomic E-state index is 16.2. The minimum absolute atomic E-state index is 0.0260. The number of rotatable bonds is 5. The molecule has 1 atom stereocenters. The van der Waals surface area contributed by atoms with Gasteiger partial charge in [0.2, 0.25) is 5.91 Å². The smallest absolute Gasteiger partial charge is 0.228 e. The molecule has 3 aromatic rings. The van der Waals surface area contributed by atoms with Gasteiger partial charge in [-0.3, -0.25) is 9.69 Å². The maximum absolute atomic E-state index is 16.2. The lowest BCUT2D eigenvalue weighted by Gasteiger charge is -2.38. The summed E-state index contributed by atoms with van der Waals surface area (Å²) in [6, 6.07) is 17.2. The van der Waals surface area contributed by atoms with Gasteiger partial charge in [-0.2, -0.15) is 0 Å². The highest BCUT2D eigenvalue weighted by Gasteiger charge is 2.48. The highest BCUT2D eigenvalue weighted by molar-refractivity contribution is 7.95. The summed E-state index contributed by atoms with van der Waals surface area (Å²) in [5, 5.41) is 14.1. The number of allylic oxidation sites excluding steroid dienone is 1. The third kappa shape index (κ3) is 6.02. The molecule has 5 rings (SSSR count). The molecule has 222 valence electrons. The molecule has 3 aromatic carbocycles. The van der Waals surface area contributed by atoms with E-state index < -0.39 is 38.4 Å². The number of hydrogen-bond donors (Lipinski definition) is 2. The van der Waals surface area contributed by atoms with E-state index in [1.165, 1.54) is 23.1 Å². The van der Waals surface area contributed by atoms with Crippen molar-refractivity contribution in [1.82, 2.24) is 0 Å². The standard InChI is InChI=1S/C33H37FN2O5S/c1-32(2,3)18-28(38)36-26-12-9-13-27(37)29(26)35-25-17-33(4,5)20-42(39,40)31(25)30(36)23-15-14-22(16-24(23)34)41-19-21-10-7-6-8-11-21/h6-16,30,35,37H,17-20H2,1-5H3. The zero-order chi connectivity index (χ0) is 30.4. The molecule has 2 aliphatic heterocycles. The Morgan fingerprint density at radius 3 is 2.48 bits per heavy atom. The first-order chi connectivity index (χ1) is 19.7. The van der Waals surface area contributed by atoms with E-state index in [2.05, 4.69) is 5.32 Å². The number of nitrogens with zero attached hydrogens (tertiary/aromatic N) is 1. The van der Waals surface area contributed by atoms with Gasteiger partial charge in [-0.15, -0.1) is 0 Å². The molecule has 1 unspecified atom stereocenters. The Hall–Kier alpha value is -3.85.